The molecule has 3 aromatic carbocycles. The number of halogens is 4. The van der Waals surface area contributed by atoms with E-state index < -0.39 is 30.0 Å². The number of ether oxygens (including phenoxy) is 1. The van der Waals surface area contributed by atoms with Crippen molar-refractivity contribution in [2.75, 3.05) is 6.54 Å². The van der Waals surface area contributed by atoms with Crippen LogP contribution in [0.4, 0.5) is 17.6 Å². The van der Waals surface area contributed by atoms with Crippen LogP contribution in [0.1, 0.15) is 65.1 Å². The van der Waals surface area contributed by atoms with Crippen molar-refractivity contribution in [3.63, 3.8) is 0 Å². The van der Waals surface area contributed by atoms with E-state index in [1.54, 1.807) is 36.5 Å². The third-order valence-electron chi connectivity index (χ3n) is 7.48. The van der Waals surface area contributed by atoms with Crippen LogP contribution in [0.5, 0.6) is 5.75 Å². The lowest BCUT2D eigenvalue weighted by atomic mass is 9.75. The summed E-state index contributed by atoms with van der Waals surface area (Å²) in [6.45, 7) is 2.02. The largest absolute Gasteiger partial charge is 0.573 e. The van der Waals surface area contributed by atoms with E-state index in [0.717, 1.165) is 22.2 Å². The summed E-state index contributed by atoms with van der Waals surface area (Å²) in [5.41, 5.74) is 3.97. The minimum atomic E-state index is -4.84. The Bertz CT molecular complexity index is 1770. The molecule has 2 atom stereocenters. The molecule has 45 heavy (non-hydrogen) atoms. The molecule has 0 aliphatic heterocycles. The lowest BCUT2D eigenvalue weighted by molar-refractivity contribution is -0.274. The summed E-state index contributed by atoms with van der Waals surface area (Å²) in [6, 6.07) is 17.4. The van der Waals surface area contributed by atoms with Crippen LogP contribution < -0.4 is 10.1 Å². The van der Waals surface area contributed by atoms with Crippen LogP contribution in [-0.2, 0) is 4.79 Å². The molecule has 7 nitrogen and oxygen atoms in total. The molecule has 0 spiro atoms. The first-order chi connectivity index (χ1) is 21.5. The van der Waals surface area contributed by atoms with Crippen LogP contribution in [0.15, 0.2) is 78.3 Å². The number of carbonyl (C=O) groups is 2. The van der Waals surface area contributed by atoms with Crippen LogP contribution >= 0.6 is 11.3 Å². The first kappa shape index (κ1) is 31.7. The number of thiophene rings is 1. The van der Waals surface area contributed by atoms with Crippen molar-refractivity contribution in [2.45, 2.75) is 44.4 Å². The minimum absolute atomic E-state index is 0.00739. The van der Waals surface area contributed by atoms with Gasteiger partial charge in [0.1, 0.15) is 11.6 Å². The standard InChI is InChI=1S/C33H29F4N3O4S/c1-2-3-24(19-4-6-21(7-5-19)32(43)38-14-13-29(41)42)30(20-8-10-23(11-9-20)44-33(35,36)37)27-18-45-31-25(27)16-22(34)17-26(31)28-12-15-39-40-28/h4-12,15-18,24,30H,2-3,13-14H2,1H3,(H,38,43)(H,39,40)(H,41,42)/t24-,30?/m1/s1. The molecule has 0 saturated heterocycles. The van der Waals surface area contributed by atoms with Gasteiger partial charge >= 0.3 is 12.3 Å². The van der Waals surface area contributed by atoms with Gasteiger partial charge in [-0.25, -0.2) is 4.39 Å². The third kappa shape index (κ3) is 7.51. The van der Waals surface area contributed by atoms with Gasteiger partial charge in [0.05, 0.1) is 12.1 Å². The fourth-order valence-electron chi connectivity index (χ4n) is 5.57. The van der Waals surface area contributed by atoms with Crippen molar-refractivity contribution < 1.29 is 37.0 Å². The molecule has 0 aliphatic carbocycles. The number of aliphatic carboxylic acids is 1. The smallest absolute Gasteiger partial charge is 0.481 e. The normalized spacial score (nSPS) is 13.0. The van der Waals surface area contributed by atoms with Crippen LogP contribution in [0, 0.1) is 5.82 Å². The molecule has 2 aromatic heterocycles. The van der Waals surface area contributed by atoms with Gasteiger partial charge in [0.2, 0.25) is 0 Å². The molecular formula is C33H29F4N3O4S. The zero-order chi connectivity index (χ0) is 32.1. The number of benzene rings is 3. The first-order valence-electron chi connectivity index (χ1n) is 14.2. The highest BCUT2D eigenvalue weighted by Gasteiger charge is 2.32. The summed E-state index contributed by atoms with van der Waals surface area (Å²) >= 11 is 1.44. The number of H-pyrrole nitrogens is 1. The molecule has 0 saturated carbocycles. The number of carbonyl (C=O) groups excluding carboxylic acids is 1. The van der Waals surface area contributed by atoms with E-state index in [2.05, 4.69) is 20.3 Å². The molecule has 234 valence electrons. The number of aromatic nitrogens is 2. The number of nitrogens with zero attached hydrogens (tertiary/aromatic N) is 1. The molecular weight excluding hydrogens is 610 g/mol. The Balaban J connectivity index is 1.59. The molecule has 5 rings (SSSR count). The number of aromatic amines is 1. The second-order valence-electron chi connectivity index (χ2n) is 10.5. The first-order valence-corrected chi connectivity index (χ1v) is 15.1. The second kappa shape index (κ2) is 13.5. The Morgan fingerprint density at radius 1 is 1.04 bits per heavy atom. The summed E-state index contributed by atoms with van der Waals surface area (Å²) in [5.74, 6) is -2.83. The SMILES string of the molecule is CCC[C@H](c1ccc(C(=O)NCCC(=O)O)cc1)C(c1ccc(OC(F)(F)F)cc1)c1csc2c(-c3cc[nH]n3)cc(F)cc12. The van der Waals surface area contributed by atoms with Gasteiger partial charge in [-0.3, -0.25) is 14.7 Å². The van der Waals surface area contributed by atoms with Gasteiger partial charge in [-0.2, -0.15) is 5.10 Å². The van der Waals surface area contributed by atoms with Crippen LogP contribution in [0.3, 0.4) is 0 Å². The number of hydrogen-bond donors (Lipinski definition) is 3. The molecule has 0 fully saturated rings. The number of fused-ring (bicyclic) bond motifs is 1. The predicted molar refractivity (Wildman–Crippen MR) is 163 cm³/mol. The highest BCUT2D eigenvalue weighted by molar-refractivity contribution is 7.18. The second-order valence-corrected chi connectivity index (χ2v) is 11.4. The Morgan fingerprint density at radius 2 is 1.76 bits per heavy atom. The van der Waals surface area contributed by atoms with Gasteiger partial charge in [-0.15, -0.1) is 24.5 Å². The van der Waals surface area contributed by atoms with Crippen molar-refractivity contribution in [2.24, 2.45) is 0 Å². The highest BCUT2D eigenvalue weighted by Crippen LogP contribution is 2.47. The average molecular weight is 640 g/mol. The Hall–Kier alpha value is -4.71. The zero-order valence-corrected chi connectivity index (χ0v) is 24.8. The van der Waals surface area contributed by atoms with Gasteiger partial charge < -0.3 is 15.2 Å². The van der Waals surface area contributed by atoms with E-state index in [9.17, 15) is 22.8 Å². The summed E-state index contributed by atoms with van der Waals surface area (Å²) < 4.78 is 58.8. The monoisotopic (exact) mass is 639 g/mol. The lowest BCUT2D eigenvalue weighted by Gasteiger charge is -2.29. The van der Waals surface area contributed by atoms with E-state index >= 15 is 4.39 Å². The predicted octanol–water partition coefficient (Wildman–Crippen LogP) is 8.25. The Morgan fingerprint density at radius 3 is 2.38 bits per heavy atom. The third-order valence-corrected chi connectivity index (χ3v) is 8.53. The molecule has 0 radical (unpaired) electrons. The zero-order valence-electron chi connectivity index (χ0n) is 24.0. The van der Waals surface area contributed by atoms with Gasteiger partial charge in [0.25, 0.3) is 5.91 Å². The number of carboxylic acids is 1. The van der Waals surface area contributed by atoms with Crippen molar-refractivity contribution in [3.8, 4) is 17.0 Å². The highest BCUT2D eigenvalue weighted by atomic mass is 32.1. The maximum atomic E-state index is 15.1. The summed E-state index contributed by atoms with van der Waals surface area (Å²) in [6.07, 6.45) is -1.94. The fourth-order valence-corrected chi connectivity index (χ4v) is 6.68. The topological polar surface area (TPSA) is 104 Å². The lowest BCUT2D eigenvalue weighted by Crippen LogP contribution is -2.26. The number of amides is 1. The van der Waals surface area contributed by atoms with Gasteiger partial charge in [-0.1, -0.05) is 37.6 Å². The summed E-state index contributed by atoms with van der Waals surface area (Å²) in [7, 11) is 0. The van der Waals surface area contributed by atoms with E-state index in [0.29, 0.717) is 34.2 Å². The number of carboxylic acid groups (broad SMARTS) is 1. The molecule has 1 amide bonds. The van der Waals surface area contributed by atoms with Crippen molar-refractivity contribution in [3.05, 3.63) is 106 Å². The van der Waals surface area contributed by atoms with E-state index in [1.807, 2.05) is 24.4 Å². The van der Waals surface area contributed by atoms with Gasteiger partial charge in [-0.05, 0) is 82.3 Å². The van der Waals surface area contributed by atoms with Gasteiger partial charge in [0.15, 0.2) is 0 Å². The quantitative estimate of drug-likeness (QED) is 0.119. The van der Waals surface area contributed by atoms with Crippen molar-refractivity contribution in [1.29, 1.82) is 0 Å². The molecule has 3 N–H and O–H groups in total. The van der Waals surface area contributed by atoms with Crippen molar-refractivity contribution in [1.82, 2.24) is 15.5 Å². The average Bonchev–Trinajstić information content (AvgIpc) is 3.68. The molecule has 1 unspecified atom stereocenters. The molecule has 12 heteroatoms. The molecule has 2 heterocycles. The number of rotatable bonds is 12. The summed E-state index contributed by atoms with van der Waals surface area (Å²) in [5, 5.41) is 21.1. The molecule has 0 bridgehead atoms. The van der Waals surface area contributed by atoms with E-state index in [-0.39, 0.29) is 24.6 Å². The minimum Gasteiger partial charge on any atom is -0.481 e. The van der Waals surface area contributed by atoms with Gasteiger partial charge in [0, 0.05) is 34.5 Å². The fraction of sp³-hybridized carbons (Fsp3) is 0.242. The Labute approximate surface area is 259 Å². The maximum Gasteiger partial charge on any atom is 0.573 e. The van der Waals surface area contributed by atoms with Crippen molar-refractivity contribution >= 4 is 33.3 Å². The number of hydrogen-bond acceptors (Lipinski definition) is 5. The van der Waals surface area contributed by atoms with Crippen LogP contribution in [-0.4, -0.2) is 40.1 Å². The number of nitrogens with one attached hydrogen (secondary N) is 2. The maximum absolute atomic E-state index is 15.1. The number of alkyl halides is 3. The van der Waals surface area contributed by atoms with Crippen LogP contribution in [0.25, 0.3) is 21.3 Å². The van der Waals surface area contributed by atoms with E-state index in [1.165, 1.54) is 35.6 Å². The molecule has 5 aromatic rings. The van der Waals surface area contributed by atoms with Crippen LogP contribution in [0.2, 0.25) is 0 Å². The molecule has 0 aliphatic rings. The summed E-state index contributed by atoms with van der Waals surface area (Å²) in [4.78, 5) is 23.4. The Kier molecular flexibility index (Phi) is 9.52. The van der Waals surface area contributed by atoms with E-state index in [4.69, 9.17) is 5.11 Å².